The van der Waals surface area contributed by atoms with Gasteiger partial charge in [0.15, 0.2) is 0 Å². The molecule has 0 spiro atoms. The first-order valence-electron chi connectivity index (χ1n) is 6.19. The van der Waals surface area contributed by atoms with Gasteiger partial charge >= 0.3 is 0 Å². The van der Waals surface area contributed by atoms with Crippen LogP contribution in [-0.2, 0) is 0 Å². The summed E-state index contributed by atoms with van der Waals surface area (Å²) in [6, 6.07) is 0.688. The van der Waals surface area contributed by atoms with Gasteiger partial charge in [0.25, 0.3) is 0 Å². The Hall–Kier alpha value is -0.0800. The SMILES string of the molecule is CCCNC(CN1CCCC1)C(C)C. The van der Waals surface area contributed by atoms with Crippen molar-refractivity contribution in [3.8, 4) is 0 Å². The third kappa shape index (κ3) is 3.97. The maximum atomic E-state index is 3.65. The lowest BCUT2D eigenvalue weighted by molar-refractivity contribution is 0.255. The van der Waals surface area contributed by atoms with Gasteiger partial charge in [-0.2, -0.15) is 0 Å². The summed E-state index contributed by atoms with van der Waals surface area (Å²) in [6.07, 6.45) is 4.04. The van der Waals surface area contributed by atoms with Gasteiger partial charge < -0.3 is 10.2 Å². The molecule has 1 unspecified atom stereocenters. The monoisotopic (exact) mass is 198 g/mol. The smallest absolute Gasteiger partial charge is 0.0217 e. The van der Waals surface area contributed by atoms with Crippen LogP contribution in [0, 0.1) is 5.92 Å². The van der Waals surface area contributed by atoms with Crippen LogP contribution in [0.5, 0.6) is 0 Å². The Kier molecular flexibility index (Phi) is 5.49. The highest BCUT2D eigenvalue weighted by Crippen LogP contribution is 2.11. The summed E-state index contributed by atoms with van der Waals surface area (Å²) in [5.74, 6) is 0.752. The number of rotatable bonds is 6. The Morgan fingerprint density at radius 3 is 2.36 bits per heavy atom. The van der Waals surface area contributed by atoms with Crippen molar-refractivity contribution in [3.63, 3.8) is 0 Å². The number of hydrogen-bond donors (Lipinski definition) is 1. The van der Waals surface area contributed by atoms with Gasteiger partial charge in [0.1, 0.15) is 0 Å². The maximum Gasteiger partial charge on any atom is 0.0217 e. The molecule has 1 rings (SSSR count). The molecule has 1 saturated heterocycles. The van der Waals surface area contributed by atoms with Gasteiger partial charge in [-0.25, -0.2) is 0 Å². The second kappa shape index (κ2) is 6.41. The minimum absolute atomic E-state index is 0.688. The van der Waals surface area contributed by atoms with Gasteiger partial charge in [-0.1, -0.05) is 20.8 Å². The Bertz CT molecular complexity index is 139. The standard InChI is InChI=1S/C12H26N2/c1-4-7-13-12(11(2)3)10-14-8-5-6-9-14/h11-13H,4-10H2,1-3H3. The molecular formula is C12H26N2. The molecule has 1 N–H and O–H groups in total. The van der Waals surface area contributed by atoms with E-state index in [2.05, 4.69) is 31.0 Å². The Labute approximate surface area is 89.1 Å². The van der Waals surface area contributed by atoms with Crippen molar-refractivity contribution in [2.45, 2.75) is 46.1 Å². The fourth-order valence-electron chi connectivity index (χ4n) is 2.08. The van der Waals surface area contributed by atoms with Crippen LogP contribution in [0.15, 0.2) is 0 Å². The second-order valence-corrected chi connectivity index (χ2v) is 4.81. The highest BCUT2D eigenvalue weighted by molar-refractivity contribution is 4.77. The largest absolute Gasteiger partial charge is 0.312 e. The lowest BCUT2D eigenvalue weighted by Crippen LogP contribution is -2.43. The molecule has 1 atom stereocenters. The summed E-state index contributed by atoms with van der Waals surface area (Å²) in [7, 11) is 0. The molecule has 1 aliphatic heterocycles. The van der Waals surface area contributed by atoms with E-state index in [0.29, 0.717) is 6.04 Å². The molecular weight excluding hydrogens is 172 g/mol. The van der Waals surface area contributed by atoms with E-state index in [1.165, 1.54) is 38.9 Å². The fraction of sp³-hybridized carbons (Fsp3) is 1.00. The van der Waals surface area contributed by atoms with Crippen LogP contribution in [0.3, 0.4) is 0 Å². The van der Waals surface area contributed by atoms with Crippen LogP contribution in [0.1, 0.15) is 40.0 Å². The van der Waals surface area contributed by atoms with E-state index >= 15 is 0 Å². The molecule has 0 saturated carbocycles. The van der Waals surface area contributed by atoms with Gasteiger partial charge in [-0.15, -0.1) is 0 Å². The highest BCUT2D eigenvalue weighted by atomic mass is 15.2. The zero-order valence-electron chi connectivity index (χ0n) is 10.1. The van der Waals surface area contributed by atoms with Crippen molar-refractivity contribution in [1.82, 2.24) is 10.2 Å². The molecule has 2 nitrogen and oxygen atoms in total. The quantitative estimate of drug-likeness (QED) is 0.703. The van der Waals surface area contributed by atoms with E-state index in [9.17, 15) is 0 Å². The average molecular weight is 198 g/mol. The molecule has 0 aliphatic carbocycles. The topological polar surface area (TPSA) is 15.3 Å². The number of likely N-dealkylation sites (tertiary alicyclic amines) is 1. The van der Waals surface area contributed by atoms with Gasteiger partial charge in [0, 0.05) is 12.6 Å². The Morgan fingerprint density at radius 1 is 1.21 bits per heavy atom. The van der Waals surface area contributed by atoms with E-state index in [1.807, 2.05) is 0 Å². The first-order chi connectivity index (χ1) is 6.74. The van der Waals surface area contributed by atoms with Crippen molar-refractivity contribution in [1.29, 1.82) is 0 Å². The maximum absolute atomic E-state index is 3.65. The summed E-state index contributed by atoms with van der Waals surface area (Å²) in [4.78, 5) is 2.60. The second-order valence-electron chi connectivity index (χ2n) is 4.81. The molecule has 1 heterocycles. The van der Waals surface area contributed by atoms with E-state index in [-0.39, 0.29) is 0 Å². The van der Waals surface area contributed by atoms with Crippen molar-refractivity contribution >= 4 is 0 Å². The van der Waals surface area contributed by atoms with E-state index < -0.39 is 0 Å². The van der Waals surface area contributed by atoms with E-state index in [1.54, 1.807) is 0 Å². The third-order valence-electron chi connectivity index (χ3n) is 3.11. The zero-order chi connectivity index (χ0) is 10.4. The van der Waals surface area contributed by atoms with Crippen LogP contribution >= 0.6 is 0 Å². The fourth-order valence-corrected chi connectivity index (χ4v) is 2.08. The molecule has 2 heteroatoms. The minimum Gasteiger partial charge on any atom is -0.312 e. The molecule has 84 valence electrons. The van der Waals surface area contributed by atoms with Crippen LogP contribution in [0.2, 0.25) is 0 Å². The lowest BCUT2D eigenvalue weighted by Gasteiger charge is -2.27. The van der Waals surface area contributed by atoms with Gasteiger partial charge in [-0.05, 0) is 44.8 Å². The Balaban J connectivity index is 2.26. The number of nitrogens with one attached hydrogen (secondary N) is 1. The number of hydrogen-bond acceptors (Lipinski definition) is 2. The van der Waals surface area contributed by atoms with Crippen LogP contribution in [0.4, 0.5) is 0 Å². The van der Waals surface area contributed by atoms with Crippen molar-refractivity contribution in [2.24, 2.45) is 5.92 Å². The predicted molar refractivity (Wildman–Crippen MR) is 62.6 cm³/mol. The Morgan fingerprint density at radius 2 is 1.86 bits per heavy atom. The molecule has 0 aromatic heterocycles. The summed E-state index contributed by atoms with van der Waals surface area (Å²) in [5, 5.41) is 3.65. The molecule has 1 fully saturated rings. The van der Waals surface area contributed by atoms with Crippen LogP contribution in [0.25, 0.3) is 0 Å². The summed E-state index contributed by atoms with van der Waals surface area (Å²) in [5.41, 5.74) is 0. The van der Waals surface area contributed by atoms with Crippen molar-refractivity contribution in [2.75, 3.05) is 26.2 Å². The third-order valence-corrected chi connectivity index (χ3v) is 3.11. The molecule has 14 heavy (non-hydrogen) atoms. The predicted octanol–water partition coefficient (Wildman–Crippen LogP) is 2.11. The lowest BCUT2D eigenvalue weighted by atomic mass is 10.0. The highest BCUT2D eigenvalue weighted by Gasteiger charge is 2.18. The van der Waals surface area contributed by atoms with Crippen LogP contribution < -0.4 is 5.32 Å². The van der Waals surface area contributed by atoms with E-state index in [0.717, 1.165) is 12.5 Å². The van der Waals surface area contributed by atoms with Gasteiger partial charge in [0.05, 0.1) is 0 Å². The molecule has 0 radical (unpaired) electrons. The van der Waals surface area contributed by atoms with Crippen LogP contribution in [-0.4, -0.2) is 37.1 Å². The summed E-state index contributed by atoms with van der Waals surface area (Å²) >= 11 is 0. The molecule has 0 aromatic rings. The average Bonchev–Trinajstić information content (AvgIpc) is 2.64. The molecule has 0 aromatic carbocycles. The zero-order valence-corrected chi connectivity index (χ0v) is 10.1. The molecule has 0 amide bonds. The summed E-state index contributed by atoms with van der Waals surface area (Å²) in [6.45, 7) is 11.9. The first kappa shape index (κ1) is 12.0. The van der Waals surface area contributed by atoms with Crippen molar-refractivity contribution < 1.29 is 0 Å². The van der Waals surface area contributed by atoms with E-state index in [4.69, 9.17) is 0 Å². The minimum atomic E-state index is 0.688. The summed E-state index contributed by atoms with van der Waals surface area (Å²) < 4.78 is 0. The first-order valence-corrected chi connectivity index (χ1v) is 6.19. The molecule has 1 aliphatic rings. The van der Waals surface area contributed by atoms with Crippen molar-refractivity contribution in [3.05, 3.63) is 0 Å². The van der Waals surface area contributed by atoms with Gasteiger partial charge in [-0.3, -0.25) is 0 Å². The normalized spacial score (nSPS) is 20.6. The number of nitrogens with zero attached hydrogens (tertiary/aromatic N) is 1. The van der Waals surface area contributed by atoms with Gasteiger partial charge in [0.2, 0.25) is 0 Å². The molecule has 0 bridgehead atoms.